The predicted molar refractivity (Wildman–Crippen MR) is 74.6 cm³/mol. The number of carbonyl (C=O) groups excluding carboxylic acids is 2. The van der Waals surface area contributed by atoms with E-state index in [1.165, 1.54) is 0 Å². The molecule has 0 aliphatic heterocycles. The first kappa shape index (κ1) is 20.7. The SMILES string of the molecule is CCC(=O)CCl.CCC(=O)CSC.CS. The molecule has 0 N–H and O–H groups in total. The maximum absolute atomic E-state index is 10.4. The normalized spacial score (nSPS) is 7.87. The summed E-state index contributed by atoms with van der Waals surface area (Å²) in [5.74, 6) is 1.29. The van der Waals surface area contributed by atoms with E-state index >= 15 is 0 Å². The first-order chi connectivity index (χ1) is 7.12. The number of thiol groups is 1. The van der Waals surface area contributed by atoms with E-state index in [9.17, 15) is 9.59 Å². The second-order valence-corrected chi connectivity index (χ2v) is 3.48. The molecule has 0 radical (unpaired) electrons. The number of hydrogen-bond donors (Lipinski definition) is 1. The number of thioether (sulfide) groups is 1. The second kappa shape index (κ2) is 19.8. The minimum atomic E-state index is 0.108. The van der Waals surface area contributed by atoms with Gasteiger partial charge in [0.15, 0.2) is 0 Å². The molecule has 0 unspecified atom stereocenters. The summed E-state index contributed by atoms with van der Waals surface area (Å²) in [6.45, 7) is 3.68. The lowest BCUT2D eigenvalue weighted by molar-refractivity contribution is -0.117. The quantitative estimate of drug-likeness (QED) is 0.617. The van der Waals surface area contributed by atoms with E-state index in [1.54, 1.807) is 24.9 Å². The fourth-order valence-corrected chi connectivity index (χ4v) is 1.07. The van der Waals surface area contributed by atoms with Crippen LogP contribution in [0, 0.1) is 0 Å². The molecule has 0 spiro atoms. The molecule has 0 fully saturated rings. The molecule has 0 rings (SSSR count). The Balaban J connectivity index is -0.000000166. The van der Waals surface area contributed by atoms with Crippen molar-refractivity contribution in [3.63, 3.8) is 0 Å². The summed E-state index contributed by atoms with van der Waals surface area (Å²) in [5.41, 5.74) is 0. The Labute approximate surface area is 108 Å². The van der Waals surface area contributed by atoms with Crippen molar-refractivity contribution in [2.45, 2.75) is 26.7 Å². The zero-order valence-electron chi connectivity index (χ0n) is 9.88. The number of halogens is 1. The van der Waals surface area contributed by atoms with Crippen molar-refractivity contribution in [1.29, 1.82) is 0 Å². The number of hydrogen-bond acceptors (Lipinski definition) is 4. The van der Waals surface area contributed by atoms with E-state index < -0.39 is 0 Å². The molecule has 0 aliphatic carbocycles. The van der Waals surface area contributed by atoms with Gasteiger partial charge in [-0.15, -0.1) is 11.6 Å². The van der Waals surface area contributed by atoms with Crippen molar-refractivity contribution in [3.8, 4) is 0 Å². The van der Waals surface area contributed by atoms with Crippen LogP contribution in [-0.2, 0) is 9.59 Å². The van der Waals surface area contributed by atoms with E-state index in [4.69, 9.17) is 11.6 Å². The minimum Gasteiger partial charge on any atom is -0.299 e. The summed E-state index contributed by atoms with van der Waals surface area (Å²) in [4.78, 5) is 20.4. The van der Waals surface area contributed by atoms with Crippen molar-refractivity contribution in [1.82, 2.24) is 0 Å². The van der Waals surface area contributed by atoms with Gasteiger partial charge in [-0.2, -0.15) is 24.4 Å². The van der Waals surface area contributed by atoms with Gasteiger partial charge in [0.1, 0.15) is 11.6 Å². The molecule has 0 aromatic rings. The summed E-state index contributed by atoms with van der Waals surface area (Å²) in [6, 6.07) is 0. The predicted octanol–water partition coefficient (Wildman–Crippen LogP) is 3.08. The Morgan fingerprint density at radius 3 is 1.60 bits per heavy atom. The Morgan fingerprint density at radius 2 is 1.53 bits per heavy atom. The molecule has 0 aromatic carbocycles. The lowest BCUT2D eigenvalue weighted by Gasteiger charge is -1.87. The van der Waals surface area contributed by atoms with Crippen LogP contribution >= 0.6 is 36.0 Å². The standard InChI is InChI=1S/C5H10OS.C4H7ClO.CH4S/c1-3-5(6)4-7-2;1-2-4(6)3-5;1-2/h3-4H2,1-2H3;2-3H2,1H3;2H,1H3. The highest BCUT2D eigenvalue weighted by Crippen LogP contribution is 1.93. The van der Waals surface area contributed by atoms with Crippen LogP contribution < -0.4 is 0 Å². The molecule has 5 heteroatoms. The summed E-state index contributed by atoms with van der Waals surface area (Å²) in [7, 11) is 0. The average molecular weight is 273 g/mol. The van der Waals surface area contributed by atoms with Crippen LogP contribution in [0.15, 0.2) is 0 Å². The minimum absolute atomic E-state index is 0.108. The van der Waals surface area contributed by atoms with Crippen LogP contribution in [0.1, 0.15) is 26.7 Å². The number of rotatable bonds is 5. The number of alkyl halides is 1. The Morgan fingerprint density at radius 1 is 1.13 bits per heavy atom. The van der Waals surface area contributed by atoms with Gasteiger partial charge in [-0.3, -0.25) is 9.59 Å². The van der Waals surface area contributed by atoms with E-state index in [0.29, 0.717) is 24.4 Å². The van der Waals surface area contributed by atoms with Crippen molar-refractivity contribution in [2.24, 2.45) is 0 Å². The van der Waals surface area contributed by atoms with Crippen molar-refractivity contribution in [3.05, 3.63) is 0 Å². The fourth-order valence-electron chi connectivity index (χ4n) is 0.358. The Kier molecular flexibility index (Phi) is 27.4. The molecule has 0 heterocycles. The molecular weight excluding hydrogens is 252 g/mol. The molecule has 0 aliphatic rings. The van der Waals surface area contributed by atoms with Gasteiger partial charge >= 0.3 is 0 Å². The molecular formula is C10H21ClO2S2. The topological polar surface area (TPSA) is 34.1 Å². The highest BCUT2D eigenvalue weighted by molar-refractivity contribution is 7.99. The van der Waals surface area contributed by atoms with Crippen LogP contribution in [0.5, 0.6) is 0 Å². The zero-order valence-corrected chi connectivity index (χ0v) is 12.3. The van der Waals surface area contributed by atoms with E-state index in [1.807, 2.05) is 13.2 Å². The number of Topliss-reactive ketones (excluding diaryl/α,β-unsaturated/α-hetero) is 2. The maximum atomic E-state index is 10.4. The molecule has 0 atom stereocenters. The van der Waals surface area contributed by atoms with E-state index in [0.717, 1.165) is 0 Å². The fraction of sp³-hybridized carbons (Fsp3) is 0.800. The van der Waals surface area contributed by atoms with Gasteiger partial charge < -0.3 is 0 Å². The van der Waals surface area contributed by atoms with Gasteiger partial charge in [-0.05, 0) is 12.5 Å². The van der Waals surface area contributed by atoms with Crippen LogP contribution in [-0.4, -0.2) is 35.7 Å². The molecule has 0 aromatic heterocycles. The molecule has 0 amide bonds. The summed E-state index contributed by atoms with van der Waals surface area (Å²) in [6.07, 6.45) is 4.87. The molecule has 0 bridgehead atoms. The van der Waals surface area contributed by atoms with Crippen molar-refractivity contribution < 1.29 is 9.59 Å². The highest BCUT2D eigenvalue weighted by Gasteiger charge is 1.91. The molecule has 2 nitrogen and oxygen atoms in total. The van der Waals surface area contributed by atoms with Gasteiger partial charge in [0.05, 0.1) is 11.6 Å². The third-order valence-corrected chi connectivity index (χ3v) is 2.15. The summed E-state index contributed by atoms with van der Waals surface area (Å²) >= 11 is 10.2. The number of carbonyl (C=O) groups is 2. The Hall–Kier alpha value is 0.330. The number of ketones is 2. The zero-order chi connectivity index (χ0) is 12.7. The molecule has 0 saturated carbocycles. The van der Waals surface area contributed by atoms with Crippen LogP contribution in [0.2, 0.25) is 0 Å². The van der Waals surface area contributed by atoms with Gasteiger partial charge in [0.2, 0.25) is 0 Å². The smallest absolute Gasteiger partial charge is 0.147 e. The average Bonchev–Trinajstić information content (AvgIpc) is 2.31. The van der Waals surface area contributed by atoms with Gasteiger partial charge in [-0.25, -0.2) is 0 Å². The van der Waals surface area contributed by atoms with Crippen molar-refractivity contribution in [2.75, 3.05) is 24.1 Å². The van der Waals surface area contributed by atoms with E-state index in [2.05, 4.69) is 12.6 Å². The Bertz CT molecular complexity index is 146. The highest BCUT2D eigenvalue weighted by atomic mass is 35.5. The maximum Gasteiger partial charge on any atom is 0.147 e. The van der Waals surface area contributed by atoms with Gasteiger partial charge in [0, 0.05) is 12.8 Å². The lowest BCUT2D eigenvalue weighted by Crippen LogP contribution is -1.96. The summed E-state index contributed by atoms with van der Waals surface area (Å²) in [5, 5.41) is 0. The first-order valence-electron chi connectivity index (χ1n) is 4.65. The monoisotopic (exact) mass is 272 g/mol. The third kappa shape index (κ3) is 25.0. The lowest BCUT2D eigenvalue weighted by atomic mass is 10.4. The van der Waals surface area contributed by atoms with E-state index in [-0.39, 0.29) is 11.7 Å². The third-order valence-electron chi connectivity index (χ3n) is 1.24. The second-order valence-electron chi connectivity index (χ2n) is 2.35. The van der Waals surface area contributed by atoms with Crippen molar-refractivity contribution >= 4 is 47.6 Å². The summed E-state index contributed by atoms with van der Waals surface area (Å²) < 4.78 is 0. The first-order valence-corrected chi connectivity index (χ1v) is 7.47. The van der Waals surface area contributed by atoms with Crippen LogP contribution in [0.25, 0.3) is 0 Å². The van der Waals surface area contributed by atoms with Gasteiger partial charge in [0.25, 0.3) is 0 Å². The largest absolute Gasteiger partial charge is 0.299 e. The van der Waals surface area contributed by atoms with Gasteiger partial charge in [-0.1, -0.05) is 13.8 Å². The molecule has 0 saturated heterocycles. The van der Waals surface area contributed by atoms with Crippen LogP contribution in [0.3, 0.4) is 0 Å². The molecule has 15 heavy (non-hydrogen) atoms. The van der Waals surface area contributed by atoms with Crippen LogP contribution in [0.4, 0.5) is 0 Å². The molecule has 92 valence electrons.